The standard InChI is InChI=1S/C26H27Cl2N3O4/c1-34-26(33)22(31-25(32)24-20(27)6-4-7-21(24)28)16-18-9-11-19(12-10-18)17-35-15-5-14-30-23-8-2-3-13-29-23/h2-4,6-13,22H,5,14-17H2,1H3,(H,29,30)(H,31,32)/t22-/m0/s1. The molecule has 2 N–H and O–H groups in total. The van der Waals surface area contributed by atoms with Gasteiger partial charge in [0, 0.05) is 25.8 Å². The molecule has 0 spiro atoms. The molecule has 0 saturated carbocycles. The number of hydrogen-bond acceptors (Lipinski definition) is 6. The van der Waals surface area contributed by atoms with Gasteiger partial charge in [-0.1, -0.05) is 59.6 Å². The van der Waals surface area contributed by atoms with Gasteiger partial charge >= 0.3 is 5.97 Å². The fourth-order valence-electron chi connectivity index (χ4n) is 3.34. The molecular formula is C26H27Cl2N3O4. The minimum Gasteiger partial charge on any atom is -0.467 e. The number of pyridine rings is 1. The van der Waals surface area contributed by atoms with Crippen LogP contribution in [0.4, 0.5) is 5.82 Å². The van der Waals surface area contributed by atoms with Gasteiger partial charge in [0.2, 0.25) is 0 Å². The van der Waals surface area contributed by atoms with Crippen LogP contribution in [0.3, 0.4) is 0 Å². The van der Waals surface area contributed by atoms with E-state index in [1.54, 1.807) is 24.4 Å². The summed E-state index contributed by atoms with van der Waals surface area (Å²) in [6, 6.07) is 17.3. The van der Waals surface area contributed by atoms with E-state index in [0.29, 0.717) is 13.2 Å². The molecule has 0 fully saturated rings. The van der Waals surface area contributed by atoms with Crippen LogP contribution >= 0.6 is 23.2 Å². The predicted molar refractivity (Wildman–Crippen MR) is 137 cm³/mol. The maximum Gasteiger partial charge on any atom is 0.328 e. The Morgan fingerprint density at radius 3 is 2.34 bits per heavy atom. The molecule has 0 radical (unpaired) electrons. The maximum absolute atomic E-state index is 12.7. The first kappa shape index (κ1) is 26.5. The lowest BCUT2D eigenvalue weighted by Gasteiger charge is -2.18. The second-order valence-electron chi connectivity index (χ2n) is 7.71. The smallest absolute Gasteiger partial charge is 0.328 e. The Hall–Kier alpha value is -3.13. The van der Waals surface area contributed by atoms with E-state index in [4.69, 9.17) is 32.7 Å². The number of benzene rings is 2. The quantitative estimate of drug-likeness (QED) is 0.262. The van der Waals surface area contributed by atoms with Crippen LogP contribution in [-0.4, -0.2) is 43.2 Å². The van der Waals surface area contributed by atoms with E-state index in [9.17, 15) is 9.59 Å². The third-order valence-electron chi connectivity index (χ3n) is 5.15. The van der Waals surface area contributed by atoms with Gasteiger partial charge in [-0.05, 0) is 41.8 Å². The monoisotopic (exact) mass is 515 g/mol. The van der Waals surface area contributed by atoms with Gasteiger partial charge < -0.3 is 20.1 Å². The zero-order valence-electron chi connectivity index (χ0n) is 19.3. The summed E-state index contributed by atoms with van der Waals surface area (Å²) in [6.45, 7) is 1.87. The van der Waals surface area contributed by atoms with Crippen molar-refractivity contribution in [3.8, 4) is 0 Å². The SMILES string of the molecule is COC(=O)[C@H](Cc1ccc(COCCCNc2ccccn2)cc1)NC(=O)c1c(Cl)cccc1Cl. The summed E-state index contributed by atoms with van der Waals surface area (Å²) in [6.07, 6.45) is 2.85. The highest BCUT2D eigenvalue weighted by Crippen LogP contribution is 2.24. The van der Waals surface area contributed by atoms with Gasteiger partial charge in [0.15, 0.2) is 0 Å². The molecule has 7 nitrogen and oxygen atoms in total. The van der Waals surface area contributed by atoms with Crippen LogP contribution in [0, 0.1) is 0 Å². The summed E-state index contributed by atoms with van der Waals surface area (Å²) in [5.41, 5.74) is 1.98. The zero-order chi connectivity index (χ0) is 25.0. The first-order valence-electron chi connectivity index (χ1n) is 11.1. The highest BCUT2D eigenvalue weighted by molar-refractivity contribution is 6.39. The number of ether oxygens (including phenoxy) is 2. The number of methoxy groups -OCH3 is 1. The summed E-state index contributed by atoms with van der Waals surface area (Å²) in [5, 5.41) is 6.32. The van der Waals surface area contributed by atoms with Crippen LogP contribution in [0.5, 0.6) is 0 Å². The third-order valence-corrected chi connectivity index (χ3v) is 5.78. The molecule has 2 aromatic carbocycles. The maximum atomic E-state index is 12.7. The molecule has 3 aromatic rings. The average Bonchev–Trinajstić information content (AvgIpc) is 2.86. The van der Waals surface area contributed by atoms with Crippen molar-refractivity contribution in [1.82, 2.24) is 10.3 Å². The summed E-state index contributed by atoms with van der Waals surface area (Å²) in [4.78, 5) is 29.2. The molecule has 0 saturated heterocycles. The molecule has 0 bridgehead atoms. The first-order valence-corrected chi connectivity index (χ1v) is 11.9. The number of halogens is 2. The van der Waals surface area contributed by atoms with Crippen molar-refractivity contribution >= 4 is 40.9 Å². The van der Waals surface area contributed by atoms with Gasteiger partial charge in [0.1, 0.15) is 11.9 Å². The van der Waals surface area contributed by atoms with Crippen molar-refractivity contribution < 1.29 is 19.1 Å². The molecule has 1 atom stereocenters. The van der Waals surface area contributed by atoms with E-state index < -0.39 is 17.9 Å². The van der Waals surface area contributed by atoms with E-state index in [1.807, 2.05) is 42.5 Å². The minimum absolute atomic E-state index is 0.118. The van der Waals surface area contributed by atoms with Gasteiger partial charge in [-0.2, -0.15) is 0 Å². The lowest BCUT2D eigenvalue weighted by atomic mass is 10.0. The Morgan fingerprint density at radius 1 is 0.971 bits per heavy atom. The average molecular weight is 516 g/mol. The molecule has 184 valence electrons. The highest BCUT2D eigenvalue weighted by atomic mass is 35.5. The summed E-state index contributed by atoms with van der Waals surface area (Å²) >= 11 is 12.2. The van der Waals surface area contributed by atoms with Crippen molar-refractivity contribution in [2.45, 2.75) is 25.5 Å². The fourth-order valence-corrected chi connectivity index (χ4v) is 3.91. The van der Waals surface area contributed by atoms with Crippen molar-refractivity contribution in [1.29, 1.82) is 0 Å². The Kier molecular flexibility index (Phi) is 10.3. The van der Waals surface area contributed by atoms with Gasteiger partial charge in [-0.3, -0.25) is 4.79 Å². The molecule has 1 amide bonds. The van der Waals surface area contributed by atoms with E-state index in [0.717, 1.165) is 29.9 Å². The molecule has 9 heteroatoms. The van der Waals surface area contributed by atoms with Crippen LogP contribution in [-0.2, 0) is 27.3 Å². The number of nitrogens with zero attached hydrogens (tertiary/aromatic N) is 1. The van der Waals surface area contributed by atoms with Gasteiger partial charge in [0.05, 0.1) is 29.3 Å². The molecule has 0 aliphatic carbocycles. The van der Waals surface area contributed by atoms with E-state index in [2.05, 4.69) is 15.6 Å². The zero-order valence-corrected chi connectivity index (χ0v) is 20.8. The minimum atomic E-state index is -0.895. The van der Waals surface area contributed by atoms with Crippen LogP contribution in [0.15, 0.2) is 66.9 Å². The third kappa shape index (κ3) is 8.24. The number of aromatic nitrogens is 1. The highest BCUT2D eigenvalue weighted by Gasteiger charge is 2.24. The summed E-state index contributed by atoms with van der Waals surface area (Å²) in [7, 11) is 1.27. The molecule has 0 unspecified atom stereocenters. The number of amides is 1. The number of hydrogen-bond donors (Lipinski definition) is 2. The number of esters is 1. The molecule has 35 heavy (non-hydrogen) atoms. The summed E-state index contributed by atoms with van der Waals surface area (Å²) < 4.78 is 10.6. The predicted octanol–water partition coefficient (Wildman–Crippen LogP) is 4.92. The Labute approximate surface area is 214 Å². The van der Waals surface area contributed by atoms with Crippen LogP contribution in [0.25, 0.3) is 0 Å². The van der Waals surface area contributed by atoms with Crippen LogP contribution in [0.1, 0.15) is 27.9 Å². The van der Waals surface area contributed by atoms with Gasteiger partial charge in [-0.15, -0.1) is 0 Å². The number of anilines is 1. The number of carbonyl (C=O) groups excluding carboxylic acids is 2. The lowest BCUT2D eigenvalue weighted by Crippen LogP contribution is -2.43. The Bertz CT molecular complexity index is 1090. The Balaban J connectivity index is 1.48. The molecule has 0 aliphatic rings. The van der Waals surface area contributed by atoms with E-state index >= 15 is 0 Å². The topological polar surface area (TPSA) is 89.6 Å². The fraction of sp³-hybridized carbons (Fsp3) is 0.269. The second-order valence-corrected chi connectivity index (χ2v) is 8.53. The van der Waals surface area contributed by atoms with Crippen LogP contribution in [0.2, 0.25) is 10.0 Å². The van der Waals surface area contributed by atoms with Crippen LogP contribution < -0.4 is 10.6 Å². The summed E-state index contributed by atoms with van der Waals surface area (Å²) in [5.74, 6) is -0.258. The second kappa shape index (κ2) is 13.7. The van der Waals surface area contributed by atoms with Crippen molar-refractivity contribution in [3.05, 3.63) is 93.6 Å². The lowest BCUT2D eigenvalue weighted by molar-refractivity contribution is -0.142. The van der Waals surface area contributed by atoms with E-state index in [1.165, 1.54) is 7.11 Å². The van der Waals surface area contributed by atoms with Crippen molar-refractivity contribution in [3.63, 3.8) is 0 Å². The van der Waals surface area contributed by atoms with Gasteiger partial charge in [0.25, 0.3) is 5.91 Å². The number of carbonyl (C=O) groups is 2. The molecule has 1 aromatic heterocycles. The Morgan fingerprint density at radius 2 is 1.69 bits per heavy atom. The number of nitrogens with one attached hydrogen (secondary N) is 2. The van der Waals surface area contributed by atoms with Crippen molar-refractivity contribution in [2.24, 2.45) is 0 Å². The normalized spacial score (nSPS) is 11.5. The number of rotatable bonds is 12. The van der Waals surface area contributed by atoms with Crippen molar-refractivity contribution in [2.75, 3.05) is 25.6 Å². The first-order chi connectivity index (χ1) is 17.0. The van der Waals surface area contributed by atoms with E-state index in [-0.39, 0.29) is 22.0 Å². The largest absolute Gasteiger partial charge is 0.467 e. The molecule has 1 heterocycles. The molecular weight excluding hydrogens is 489 g/mol. The molecule has 3 rings (SSSR count). The van der Waals surface area contributed by atoms with Gasteiger partial charge in [-0.25, -0.2) is 9.78 Å². The molecule has 0 aliphatic heterocycles.